The zero-order chi connectivity index (χ0) is 9.52. The van der Waals surface area contributed by atoms with Gasteiger partial charge in [0, 0.05) is 5.33 Å². The second-order valence-corrected chi connectivity index (χ2v) is 3.30. The molecule has 3 heteroatoms. The fourth-order valence-electron chi connectivity index (χ4n) is 1.09. The molecular formula is C10H13BrO2. The first kappa shape index (κ1) is 10.7. The van der Waals surface area contributed by atoms with E-state index in [1.54, 1.807) is 0 Å². The summed E-state index contributed by atoms with van der Waals surface area (Å²) in [5.74, 6) is 0. The Kier molecular flexibility index (Phi) is 5.05. The van der Waals surface area contributed by atoms with Crippen molar-refractivity contribution >= 4 is 15.9 Å². The van der Waals surface area contributed by atoms with Crippen LogP contribution in [0.4, 0.5) is 0 Å². The van der Waals surface area contributed by atoms with Gasteiger partial charge in [-0.25, -0.2) is 0 Å². The molecule has 1 rings (SSSR count). The third-order valence-electron chi connectivity index (χ3n) is 1.72. The van der Waals surface area contributed by atoms with E-state index in [2.05, 4.69) is 15.9 Å². The van der Waals surface area contributed by atoms with Crippen LogP contribution in [0.25, 0.3) is 0 Å². The van der Waals surface area contributed by atoms with Gasteiger partial charge < -0.3 is 9.84 Å². The lowest BCUT2D eigenvalue weighted by atomic mass is 10.1. The fourth-order valence-corrected chi connectivity index (χ4v) is 1.65. The van der Waals surface area contributed by atoms with Crippen LogP contribution in [-0.4, -0.2) is 23.7 Å². The number of aliphatic hydroxyl groups is 1. The van der Waals surface area contributed by atoms with E-state index in [-0.39, 0.29) is 12.7 Å². The highest BCUT2D eigenvalue weighted by Crippen LogP contribution is 2.18. The molecule has 0 fully saturated rings. The van der Waals surface area contributed by atoms with Crippen LogP contribution >= 0.6 is 15.9 Å². The first-order chi connectivity index (χ1) is 6.38. The number of benzene rings is 1. The molecule has 0 radical (unpaired) electrons. The molecule has 1 aromatic carbocycles. The van der Waals surface area contributed by atoms with Gasteiger partial charge >= 0.3 is 0 Å². The maximum Gasteiger partial charge on any atom is 0.0922 e. The van der Waals surface area contributed by atoms with E-state index < -0.39 is 0 Å². The molecule has 0 unspecified atom stereocenters. The largest absolute Gasteiger partial charge is 0.394 e. The highest BCUT2D eigenvalue weighted by molar-refractivity contribution is 9.09. The summed E-state index contributed by atoms with van der Waals surface area (Å²) in [6.45, 7) is 0.446. The molecule has 0 amide bonds. The van der Waals surface area contributed by atoms with Gasteiger partial charge in [0.25, 0.3) is 0 Å². The SMILES string of the molecule is OCCO[C@@H](CBr)c1ccccc1. The van der Waals surface area contributed by atoms with Gasteiger partial charge in [-0.2, -0.15) is 0 Å². The summed E-state index contributed by atoms with van der Waals surface area (Å²) in [6.07, 6.45) is 0.0355. The van der Waals surface area contributed by atoms with Gasteiger partial charge in [-0.05, 0) is 5.56 Å². The highest BCUT2D eigenvalue weighted by atomic mass is 79.9. The van der Waals surface area contributed by atoms with Crippen LogP contribution in [0.1, 0.15) is 11.7 Å². The zero-order valence-corrected chi connectivity index (χ0v) is 8.90. The van der Waals surface area contributed by atoms with Gasteiger partial charge in [-0.3, -0.25) is 0 Å². The summed E-state index contributed by atoms with van der Waals surface area (Å²) >= 11 is 3.38. The molecule has 72 valence electrons. The summed E-state index contributed by atoms with van der Waals surface area (Å²) in [6, 6.07) is 9.97. The average Bonchev–Trinajstić information content (AvgIpc) is 2.21. The molecule has 1 atom stereocenters. The van der Waals surface area contributed by atoms with Crippen molar-refractivity contribution in [2.45, 2.75) is 6.10 Å². The van der Waals surface area contributed by atoms with Crippen molar-refractivity contribution in [1.29, 1.82) is 0 Å². The van der Waals surface area contributed by atoms with Gasteiger partial charge in [0.05, 0.1) is 19.3 Å². The van der Waals surface area contributed by atoms with Crippen molar-refractivity contribution in [3.8, 4) is 0 Å². The van der Waals surface area contributed by atoms with Crippen molar-refractivity contribution in [1.82, 2.24) is 0 Å². The number of hydrogen-bond acceptors (Lipinski definition) is 2. The minimum Gasteiger partial charge on any atom is -0.394 e. The van der Waals surface area contributed by atoms with Crippen LogP contribution in [0, 0.1) is 0 Å². The van der Waals surface area contributed by atoms with Crippen LogP contribution in [0.2, 0.25) is 0 Å². The van der Waals surface area contributed by atoms with Crippen molar-refractivity contribution in [3.63, 3.8) is 0 Å². The lowest BCUT2D eigenvalue weighted by Crippen LogP contribution is -2.08. The Morgan fingerprint density at radius 2 is 2.00 bits per heavy atom. The third-order valence-corrected chi connectivity index (χ3v) is 2.31. The quantitative estimate of drug-likeness (QED) is 0.805. The molecular weight excluding hydrogens is 232 g/mol. The molecule has 0 saturated heterocycles. The molecule has 13 heavy (non-hydrogen) atoms. The first-order valence-electron chi connectivity index (χ1n) is 4.22. The van der Waals surface area contributed by atoms with E-state index in [9.17, 15) is 0 Å². The first-order valence-corrected chi connectivity index (χ1v) is 5.34. The van der Waals surface area contributed by atoms with Crippen molar-refractivity contribution < 1.29 is 9.84 Å². The third kappa shape index (κ3) is 3.46. The van der Waals surface area contributed by atoms with E-state index in [4.69, 9.17) is 9.84 Å². The zero-order valence-electron chi connectivity index (χ0n) is 7.32. The average molecular weight is 245 g/mol. The molecule has 0 aliphatic rings. The topological polar surface area (TPSA) is 29.5 Å². The van der Waals surface area contributed by atoms with E-state index in [0.717, 1.165) is 10.9 Å². The summed E-state index contributed by atoms with van der Waals surface area (Å²) in [5.41, 5.74) is 1.13. The molecule has 0 saturated carbocycles. The number of alkyl halides is 1. The molecule has 0 aliphatic carbocycles. The van der Waals surface area contributed by atoms with Gasteiger partial charge in [0.1, 0.15) is 0 Å². The summed E-state index contributed by atoms with van der Waals surface area (Å²) in [7, 11) is 0. The van der Waals surface area contributed by atoms with Crippen LogP contribution in [-0.2, 0) is 4.74 Å². The molecule has 0 bridgehead atoms. The Hall–Kier alpha value is -0.380. The Labute approximate surface area is 86.7 Å². The van der Waals surface area contributed by atoms with E-state index in [0.29, 0.717) is 6.61 Å². The van der Waals surface area contributed by atoms with Gasteiger partial charge in [0.2, 0.25) is 0 Å². The molecule has 2 nitrogen and oxygen atoms in total. The standard InChI is InChI=1S/C10H13BrO2/c11-8-10(13-7-6-12)9-4-2-1-3-5-9/h1-5,10,12H,6-8H2/t10-/m0/s1. The minimum atomic E-state index is 0.0355. The number of hydrogen-bond donors (Lipinski definition) is 1. The Morgan fingerprint density at radius 1 is 1.31 bits per heavy atom. The summed E-state index contributed by atoms with van der Waals surface area (Å²) in [5, 5.41) is 9.36. The van der Waals surface area contributed by atoms with Crippen LogP contribution < -0.4 is 0 Å². The maximum atomic E-state index is 8.62. The van der Waals surface area contributed by atoms with E-state index >= 15 is 0 Å². The van der Waals surface area contributed by atoms with E-state index in [1.807, 2.05) is 30.3 Å². The monoisotopic (exact) mass is 244 g/mol. The summed E-state index contributed by atoms with van der Waals surface area (Å²) < 4.78 is 5.43. The van der Waals surface area contributed by atoms with Gasteiger partial charge in [0.15, 0.2) is 0 Å². The number of rotatable bonds is 5. The lowest BCUT2D eigenvalue weighted by molar-refractivity contribution is 0.0418. The van der Waals surface area contributed by atoms with Crippen LogP contribution in [0.3, 0.4) is 0 Å². The lowest BCUT2D eigenvalue weighted by Gasteiger charge is -2.14. The van der Waals surface area contributed by atoms with Crippen molar-refractivity contribution in [2.75, 3.05) is 18.5 Å². The van der Waals surface area contributed by atoms with Crippen molar-refractivity contribution in [3.05, 3.63) is 35.9 Å². The number of halogens is 1. The molecule has 0 heterocycles. The Balaban J connectivity index is 2.56. The molecule has 1 N–H and O–H groups in total. The smallest absolute Gasteiger partial charge is 0.0922 e. The molecule has 0 aliphatic heterocycles. The minimum absolute atomic E-state index is 0.0355. The van der Waals surface area contributed by atoms with Gasteiger partial charge in [-0.1, -0.05) is 46.3 Å². The molecule has 0 aromatic heterocycles. The fraction of sp³-hybridized carbons (Fsp3) is 0.400. The van der Waals surface area contributed by atoms with E-state index in [1.165, 1.54) is 0 Å². The Bertz CT molecular complexity index is 226. The van der Waals surface area contributed by atoms with Crippen LogP contribution in [0.15, 0.2) is 30.3 Å². The van der Waals surface area contributed by atoms with Crippen molar-refractivity contribution in [2.24, 2.45) is 0 Å². The predicted molar refractivity (Wildman–Crippen MR) is 56.0 cm³/mol. The normalized spacial score (nSPS) is 12.8. The van der Waals surface area contributed by atoms with Crippen LogP contribution in [0.5, 0.6) is 0 Å². The van der Waals surface area contributed by atoms with Gasteiger partial charge in [-0.15, -0.1) is 0 Å². The highest BCUT2D eigenvalue weighted by Gasteiger charge is 2.08. The number of aliphatic hydroxyl groups excluding tert-OH is 1. The second kappa shape index (κ2) is 6.13. The Morgan fingerprint density at radius 3 is 2.54 bits per heavy atom. The molecule has 1 aromatic rings. The number of ether oxygens (including phenoxy) is 1. The predicted octanol–water partition coefficient (Wildman–Crippen LogP) is 2.13. The second-order valence-electron chi connectivity index (χ2n) is 2.65. The summed E-state index contributed by atoms with van der Waals surface area (Å²) in [4.78, 5) is 0. The molecule has 0 spiro atoms. The maximum absolute atomic E-state index is 8.62.